The molecule has 6 nitrogen and oxygen atoms in total. The number of rotatable bonds is 6. The van der Waals surface area contributed by atoms with Gasteiger partial charge in [0.2, 0.25) is 0 Å². The van der Waals surface area contributed by atoms with Crippen molar-refractivity contribution in [3.05, 3.63) is 29.8 Å². The van der Waals surface area contributed by atoms with Crippen molar-refractivity contribution in [3.63, 3.8) is 0 Å². The Kier molecular flexibility index (Phi) is 5.83. The maximum atomic E-state index is 11.6. The molecule has 1 aromatic carbocycles. The predicted molar refractivity (Wildman–Crippen MR) is 82.6 cm³/mol. The number of amides is 3. The molecule has 0 radical (unpaired) electrons. The van der Waals surface area contributed by atoms with Gasteiger partial charge < -0.3 is 10.1 Å². The monoisotopic (exact) mass is 322 g/mol. The summed E-state index contributed by atoms with van der Waals surface area (Å²) in [5.74, 6) is -1.01. The smallest absolute Gasteiger partial charge is 0.321 e. The van der Waals surface area contributed by atoms with Gasteiger partial charge >= 0.3 is 12.0 Å². The van der Waals surface area contributed by atoms with E-state index in [1.54, 1.807) is 0 Å². The van der Waals surface area contributed by atoms with Gasteiger partial charge in [-0.05, 0) is 31.4 Å². The van der Waals surface area contributed by atoms with E-state index in [9.17, 15) is 14.4 Å². The molecule has 7 heteroatoms. The zero-order valence-electron chi connectivity index (χ0n) is 12.3. The van der Waals surface area contributed by atoms with Crippen LogP contribution in [-0.2, 0) is 14.3 Å². The third-order valence-electron chi connectivity index (χ3n) is 2.97. The SMILES string of the molecule is Cc1ccccc1SCC(=O)OCC(=O)NC(=O)NC1CC1. The molecular weight excluding hydrogens is 304 g/mol. The van der Waals surface area contributed by atoms with Crippen molar-refractivity contribution >= 4 is 29.7 Å². The molecule has 0 atom stereocenters. The van der Waals surface area contributed by atoms with Gasteiger partial charge in [0, 0.05) is 10.9 Å². The van der Waals surface area contributed by atoms with Crippen molar-refractivity contribution in [2.45, 2.75) is 30.7 Å². The highest BCUT2D eigenvalue weighted by Crippen LogP contribution is 2.21. The Morgan fingerprint density at radius 2 is 2.00 bits per heavy atom. The standard InChI is InChI=1S/C15H18N2O4S/c1-10-4-2-3-5-12(10)22-9-14(19)21-8-13(18)17-15(20)16-11-6-7-11/h2-5,11H,6-9H2,1H3,(H2,16,17,18,20). The molecule has 0 unspecified atom stereocenters. The van der Waals surface area contributed by atoms with Crippen LogP contribution in [0.25, 0.3) is 0 Å². The average Bonchev–Trinajstić information content (AvgIpc) is 3.28. The Bertz CT molecular complexity index is 572. The molecule has 0 heterocycles. The van der Waals surface area contributed by atoms with Crippen LogP contribution in [0.4, 0.5) is 4.79 Å². The van der Waals surface area contributed by atoms with Crippen molar-refractivity contribution in [1.29, 1.82) is 0 Å². The normalized spacial score (nSPS) is 13.3. The molecule has 1 fully saturated rings. The molecule has 1 saturated carbocycles. The topological polar surface area (TPSA) is 84.5 Å². The van der Waals surface area contributed by atoms with E-state index in [2.05, 4.69) is 10.6 Å². The lowest BCUT2D eigenvalue weighted by molar-refractivity contribution is -0.145. The lowest BCUT2D eigenvalue weighted by Gasteiger charge is -2.07. The van der Waals surface area contributed by atoms with Crippen LogP contribution < -0.4 is 10.6 Å². The first-order chi connectivity index (χ1) is 10.5. The van der Waals surface area contributed by atoms with Crippen LogP contribution in [-0.4, -0.2) is 36.3 Å². The van der Waals surface area contributed by atoms with E-state index >= 15 is 0 Å². The number of esters is 1. The van der Waals surface area contributed by atoms with Crippen molar-refractivity contribution in [1.82, 2.24) is 10.6 Å². The van der Waals surface area contributed by atoms with Gasteiger partial charge in [-0.3, -0.25) is 14.9 Å². The van der Waals surface area contributed by atoms with Crippen molar-refractivity contribution in [2.75, 3.05) is 12.4 Å². The van der Waals surface area contributed by atoms with E-state index < -0.39 is 24.5 Å². The van der Waals surface area contributed by atoms with Gasteiger partial charge in [-0.25, -0.2) is 4.79 Å². The molecule has 1 aliphatic rings. The average molecular weight is 322 g/mol. The van der Waals surface area contributed by atoms with Crippen LogP contribution in [0.1, 0.15) is 18.4 Å². The summed E-state index contributed by atoms with van der Waals surface area (Å²) in [5.41, 5.74) is 1.08. The summed E-state index contributed by atoms with van der Waals surface area (Å²) in [6, 6.07) is 7.32. The summed E-state index contributed by atoms with van der Waals surface area (Å²) in [6.07, 6.45) is 1.87. The van der Waals surface area contributed by atoms with Crippen molar-refractivity contribution < 1.29 is 19.1 Å². The van der Waals surface area contributed by atoms with Gasteiger partial charge in [0.05, 0.1) is 5.75 Å². The van der Waals surface area contributed by atoms with Crippen LogP contribution in [0.15, 0.2) is 29.2 Å². The minimum Gasteiger partial charge on any atom is -0.455 e. The van der Waals surface area contributed by atoms with E-state index in [1.807, 2.05) is 31.2 Å². The van der Waals surface area contributed by atoms with Crippen LogP contribution >= 0.6 is 11.8 Å². The molecule has 1 aliphatic carbocycles. The zero-order valence-corrected chi connectivity index (χ0v) is 13.1. The lowest BCUT2D eigenvalue weighted by atomic mass is 10.2. The molecule has 1 aromatic rings. The number of carbonyl (C=O) groups is 3. The molecule has 0 spiro atoms. The first kappa shape index (κ1) is 16.4. The van der Waals surface area contributed by atoms with E-state index in [0.29, 0.717) is 0 Å². The molecule has 22 heavy (non-hydrogen) atoms. The summed E-state index contributed by atoms with van der Waals surface area (Å²) < 4.78 is 4.84. The zero-order chi connectivity index (χ0) is 15.9. The molecule has 2 N–H and O–H groups in total. The second-order valence-electron chi connectivity index (χ2n) is 5.01. The second-order valence-corrected chi connectivity index (χ2v) is 6.03. The fourth-order valence-corrected chi connectivity index (χ4v) is 2.48. The largest absolute Gasteiger partial charge is 0.455 e. The summed E-state index contributed by atoms with van der Waals surface area (Å²) in [6.45, 7) is 1.50. The minimum atomic E-state index is -0.632. The maximum Gasteiger partial charge on any atom is 0.321 e. The number of imide groups is 1. The molecule has 0 aromatic heterocycles. The van der Waals surface area contributed by atoms with Gasteiger partial charge in [0.15, 0.2) is 6.61 Å². The van der Waals surface area contributed by atoms with Gasteiger partial charge in [0.1, 0.15) is 0 Å². The van der Waals surface area contributed by atoms with E-state index in [1.165, 1.54) is 11.8 Å². The Morgan fingerprint density at radius 1 is 1.27 bits per heavy atom. The van der Waals surface area contributed by atoms with Crippen LogP contribution in [0, 0.1) is 6.92 Å². The third kappa shape index (κ3) is 5.77. The van der Waals surface area contributed by atoms with Crippen LogP contribution in [0.2, 0.25) is 0 Å². The maximum absolute atomic E-state index is 11.6. The first-order valence-corrected chi connectivity index (χ1v) is 7.97. The Hall–Kier alpha value is -2.02. The van der Waals surface area contributed by atoms with Crippen LogP contribution in [0.3, 0.4) is 0 Å². The molecule has 3 amide bonds. The minimum absolute atomic E-state index is 0.117. The molecular formula is C15H18N2O4S. The first-order valence-electron chi connectivity index (χ1n) is 6.99. The van der Waals surface area contributed by atoms with E-state index in [4.69, 9.17) is 4.74 Å². The fourth-order valence-electron chi connectivity index (χ4n) is 1.65. The number of carbonyl (C=O) groups excluding carboxylic acids is 3. The van der Waals surface area contributed by atoms with Crippen molar-refractivity contribution in [2.24, 2.45) is 0 Å². The summed E-state index contributed by atoms with van der Waals surface area (Å²) in [4.78, 5) is 35.3. The Morgan fingerprint density at radius 3 is 2.68 bits per heavy atom. The lowest BCUT2D eigenvalue weighted by Crippen LogP contribution is -2.42. The van der Waals surface area contributed by atoms with Gasteiger partial charge in [-0.2, -0.15) is 0 Å². The number of hydrogen-bond donors (Lipinski definition) is 2. The number of nitrogens with one attached hydrogen (secondary N) is 2. The molecule has 2 rings (SSSR count). The number of thioether (sulfide) groups is 1. The molecule has 118 valence electrons. The predicted octanol–water partition coefficient (Wildman–Crippen LogP) is 1.62. The van der Waals surface area contributed by atoms with E-state index in [-0.39, 0.29) is 11.8 Å². The van der Waals surface area contributed by atoms with Crippen molar-refractivity contribution in [3.8, 4) is 0 Å². The molecule has 0 bridgehead atoms. The van der Waals surface area contributed by atoms with Gasteiger partial charge in [-0.1, -0.05) is 18.2 Å². The highest BCUT2D eigenvalue weighted by atomic mass is 32.2. The number of urea groups is 1. The number of aryl methyl sites for hydroxylation is 1. The van der Waals surface area contributed by atoms with Crippen LogP contribution in [0.5, 0.6) is 0 Å². The Labute approximate surface area is 133 Å². The highest BCUT2D eigenvalue weighted by molar-refractivity contribution is 8.00. The summed E-state index contributed by atoms with van der Waals surface area (Å²) in [7, 11) is 0. The summed E-state index contributed by atoms with van der Waals surface area (Å²) >= 11 is 1.35. The van der Waals surface area contributed by atoms with Gasteiger partial charge in [-0.15, -0.1) is 11.8 Å². The number of benzene rings is 1. The van der Waals surface area contributed by atoms with E-state index in [0.717, 1.165) is 23.3 Å². The van der Waals surface area contributed by atoms with Gasteiger partial charge in [0.25, 0.3) is 5.91 Å². The fraction of sp³-hybridized carbons (Fsp3) is 0.400. The highest BCUT2D eigenvalue weighted by Gasteiger charge is 2.24. The second kappa shape index (κ2) is 7.84. The third-order valence-corrected chi connectivity index (χ3v) is 4.12. The summed E-state index contributed by atoms with van der Waals surface area (Å²) in [5, 5.41) is 4.73. The molecule has 0 saturated heterocycles. The number of ether oxygens (including phenoxy) is 1. The Balaban J connectivity index is 1.63. The number of hydrogen-bond acceptors (Lipinski definition) is 5. The molecule has 0 aliphatic heterocycles. The quantitative estimate of drug-likeness (QED) is 0.614.